The number of imidazole rings is 1. The molecule has 0 unspecified atom stereocenters. The van der Waals surface area contributed by atoms with Crippen molar-refractivity contribution >= 4 is 5.91 Å². The highest BCUT2D eigenvalue weighted by molar-refractivity contribution is 5.73. The molecule has 2 aromatic carbocycles. The van der Waals surface area contributed by atoms with E-state index in [2.05, 4.69) is 10.3 Å². The highest BCUT2D eigenvalue weighted by Gasteiger charge is 2.18. The van der Waals surface area contributed by atoms with Gasteiger partial charge in [0.05, 0.1) is 11.7 Å². The third-order valence-corrected chi connectivity index (χ3v) is 4.01. The van der Waals surface area contributed by atoms with E-state index in [-0.39, 0.29) is 17.5 Å². The number of carbonyl (C=O) groups excluding carboxylic acids is 1. The number of benzene rings is 2. The van der Waals surface area contributed by atoms with Crippen LogP contribution in [0.3, 0.4) is 0 Å². The molecule has 0 bridgehead atoms. The fourth-order valence-electron chi connectivity index (χ4n) is 2.88. The molecule has 0 saturated carbocycles. The SMILES string of the molecule is CC(=O)N[C@H](C)c1nc(-c2cc(F)ccc2F)cn1Cc1ccccc1. The summed E-state index contributed by atoms with van der Waals surface area (Å²) in [6, 6.07) is 12.6. The molecular formula is C20H19F2N3O. The van der Waals surface area contributed by atoms with Crippen molar-refractivity contribution in [1.29, 1.82) is 0 Å². The molecule has 134 valence electrons. The molecule has 0 fully saturated rings. The van der Waals surface area contributed by atoms with Gasteiger partial charge in [-0.05, 0) is 30.7 Å². The third-order valence-electron chi connectivity index (χ3n) is 4.01. The molecule has 1 atom stereocenters. The van der Waals surface area contributed by atoms with Gasteiger partial charge in [0.15, 0.2) is 0 Å². The lowest BCUT2D eigenvalue weighted by molar-refractivity contribution is -0.119. The van der Waals surface area contributed by atoms with E-state index in [9.17, 15) is 13.6 Å². The van der Waals surface area contributed by atoms with Crippen LogP contribution in [-0.4, -0.2) is 15.5 Å². The number of carbonyl (C=O) groups is 1. The summed E-state index contributed by atoms with van der Waals surface area (Å²) >= 11 is 0. The molecule has 0 aliphatic rings. The normalized spacial score (nSPS) is 12.0. The molecule has 1 N–H and O–H groups in total. The number of halogens is 2. The van der Waals surface area contributed by atoms with Crippen LogP contribution in [0.2, 0.25) is 0 Å². The highest BCUT2D eigenvalue weighted by Crippen LogP contribution is 2.26. The molecule has 0 aliphatic carbocycles. The Morgan fingerprint density at radius 2 is 1.92 bits per heavy atom. The van der Waals surface area contributed by atoms with E-state index in [1.807, 2.05) is 34.9 Å². The lowest BCUT2D eigenvalue weighted by atomic mass is 10.1. The molecule has 3 aromatic rings. The smallest absolute Gasteiger partial charge is 0.217 e. The Hall–Kier alpha value is -3.02. The van der Waals surface area contributed by atoms with Crippen molar-refractivity contribution in [2.24, 2.45) is 0 Å². The Morgan fingerprint density at radius 1 is 1.19 bits per heavy atom. The van der Waals surface area contributed by atoms with Gasteiger partial charge in [-0.3, -0.25) is 4.79 Å². The number of nitrogens with one attached hydrogen (secondary N) is 1. The van der Waals surface area contributed by atoms with E-state index in [1.54, 1.807) is 13.1 Å². The summed E-state index contributed by atoms with van der Waals surface area (Å²) in [5.41, 5.74) is 1.45. The molecule has 0 radical (unpaired) electrons. The fourth-order valence-corrected chi connectivity index (χ4v) is 2.88. The van der Waals surface area contributed by atoms with Gasteiger partial charge < -0.3 is 9.88 Å². The van der Waals surface area contributed by atoms with Crippen LogP contribution in [0, 0.1) is 11.6 Å². The predicted molar refractivity (Wildman–Crippen MR) is 95.4 cm³/mol. The Morgan fingerprint density at radius 3 is 2.62 bits per heavy atom. The Labute approximate surface area is 150 Å². The highest BCUT2D eigenvalue weighted by atomic mass is 19.1. The first-order chi connectivity index (χ1) is 12.4. The zero-order chi connectivity index (χ0) is 18.7. The summed E-state index contributed by atoms with van der Waals surface area (Å²) < 4.78 is 29.6. The minimum Gasteiger partial charge on any atom is -0.347 e. The van der Waals surface area contributed by atoms with Gasteiger partial charge in [0, 0.05) is 25.2 Å². The van der Waals surface area contributed by atoms with Crippen LogP contribution < -0.4 is 5.32 Å². The Bertz CT molecular complexity index is 922. The van der Waals surface area contributed by atoms with Crippen molar-refractivity contribution < 1.29 is 13.6 Å². The van der Waals surface area contributed by atoms with Gasteiger partial charge in [-0.15, -0.1) is 0 Å². The van der Waals surface area contributed by atoms with Crippen LogP contribution in [0.15, 0.2) is 54.7 Å². The van der Waals surface area contributed by atoms with Crippen molar-refractivity contribution in [3.63, 3.8) is 0 Å². The average Bonchev–Trinajstić information content (AvgIpc) is 3.01. The maximum atomic E-state index is 14.1. The zero-order valence-electron chi connectivity index (χ0n) is 14.5. The summed E-state index contributed by atoms with van der Waals surface area (Å²) in [5.74, 6) is -0.696. The fraction of sp³-hybridized carbons (Fsp3) is 0.200. The molecule has 0 spiro atoms. The Balaban J connectivity index is 2.04. The zero-order valence-corrected chi connectivity index (χ0v) is 14.5. The second-order valence-corrected chi connectivity index (χ2v) is 6.14. The van der Waals surface area contributed by atoms with Crippen LogP contribution in [-0.2, 0) is 11.3 Å². The van der Waals surface area contributed by atoms with Gasteiger partial charge in [0.1, 0.15) is 17.5 Å². The third kappa shape index (κ3) is 3.96. The van der Waals surface area contributed by atoms with Crippen molar-refractivity contribution in [2.75, 3.05) is 0 Å². The average molecular weight is 355 g/mol. The van der Waals surface area contributed by atoms with Crippen LogP contribution in [0.5, 0.6) is 0 Å². The van der Waals surface area contributed by atoms with Crippen molar-refractivity contribution in [3.8, 4) is 11.3 Å². The summed E-state index contributed by atoms with van der Waals surface area (Å²) in [6.45, 7) is 3.73. The monoisotopic (exact) mass is 355 g/mol. The maximum Gasteiger partial charge on any atom is 0.217 e. The first kappa shape index (κ1) is 17.8. The molecule has 6 heteroatoms. The van der Waals surface area contributed by atoms with E-state index in [4.69, 9.17) is 0 Å². The largest absolute Gasteiger partial charge is 0.347 e. The molecule has 1 amide bonds. The number of hydrogen-bond acceptors (Lipinski definition) is 2. The summed E-state index contributed by atoms with van der Waals surface area (Å²) in [7, 11) is 0. The lowest BCUT2D eigenvalue weighted by Crippen LogP contribution is -2.26. The summed E-state index contributed by atoms with van der Waals surface area (Å²) in [6.07, 6.45) is 1.68. The van der Waals surface area contributed by atoms with E-state index in [0.717, 1.165) is 23.8 Å². The second-order valence-electron chi connectivity index (χ2n) is 6.14. The minimum absolute atomic E-state index is 0.0908. The van der Waals surface area contributed by atoms with Crippen LogP contribution in [0.25, 0.3) is 11.3 Å². The molecule has 0 saturated heterocycles. The summed E-state index contributed by atoms with van der Waals surface area (Å²) in [5, 5.41) is 2.79. The van der Waals surface area contributed by atoms with Gasteiger partial charge in [-0.25, -0.2) is 13.8 Å². The minimum atomic E-state index is -0.547. The second kappa shape index (κ2) is 7.47. The van der Waals surface area contributed by atoms with E-state index >= 15 is 0 Å². The number of hydrogen-bond donors (Lipinski definition) is 1. The number of amides is 1. The topological polar surface area (TPSA) is 46.9 Å². The number of nitrogens with zero attached hydrogens (tertiary/aromatic N) is 2. The van der Waals surface area contributed by atoms with Crippen LogP contribution >= 0.6 is 0 Å². The van der Waals surface area contributed by atoms with Gasteiger partial charge in [0.25, 0.3) is 0 Å². The van der Waals surface area contributed by atoms with E-state index in [0.29, 0.717) is 18.1 Å². The van der Waals surface area contributed by atoms with Crippen molar-refractivity contribution in [2.45, 2.75) is 26.4 Å². The molecule has 4 nitrogen and oxygen atoms in total. The van der Waals surface area contributed by atoms with Crippen LogP contribution in [0.4, 0.5) is 8.78 Å². The van der Waals surface area contributed by atoms with Crippen LogP contribution in [0.1, 0.15) is 31.3 Å². The number of rotatable bonds is 5. The quantitative estimate of drug-likeness (QED) is 0.750. The maximum absolute atomic E-state index is 14.1. The Kier molecular flexibility index (Phi) is 5.11. The molecule has 1 heterocycles. The molecule has 26 heavy (non-hydrogen) atoms. The molecular weight excluding hydrogens is 336 g/mol. The van der Waals surface area contributed by atoms with Gasteiger partial charge in [-0.2, -0.15) is 0 Å². The number of aromatic nitrogens is 2. The van der Waals surface area contributed by atoms with Crippen molar-refractivity contribution in [3.05, 3.63) is 77.8 Å². The van der Waals surface area contributed by atoms with Crippen molar-refractivity contribution in [1.82, 2.24) is 14.9 Å². The molecule has 1 aromatic heterocycles. The van der Waals surface area contributed by atoms with Gasteiger partial charge in [-0.1, -0.05) is 30.3 Å². The molecule has 3 rings (SSSR count). The van der Waals surface area contributed by atoms with E-state index < -0.39 is 11.6 Å². The first-order valence-electron chi connectivity index (χ1n) is 8.27. The predicted octanol–water partition coefficient (Wildman–Crippen LogP) is 4.07. The first-order valence-corrected chi connectivity index (χ1v) is 8.27. The van der Waals surface area contributed by atoms with Gasteiger partial charge >= 0.3 is 0 Å². The summed E-state index contributed by atoms with van der Waals surface area (Å²) in [4.78, 5) is 15.9. The lowest BCUT2D eigenvalue weighted by Gasteiger charge is -2.14. The van der Waals surface area contributed by atoms with Gasteiger partial charge in [0.2, 0.25) is 5.91 Å². The van der Waals surface area contributed by atoms with E-state index in [1.165, 1.54) is 6.92 Å². The molecule has 0 aliphatic heterocycles. The standard InChI is InChI=1S/C20H19F2N3O/c1-13(23-14(2)26)20-24-19(17-10-16(21)8-9-18(17)22)12-25(20)11-15-6-4-3-5-7-15/h3-10,12-13H,11H2,1-2H3,(H,23,26)/t13-/m1/s1.